The number of halogens is 1. The van der Waals surface area contributed by atoms with E-state index >= 15 is 0 Å². The van der Waals surface area contributed by atoms with Gasteiger partial charge in [-0.25, -0.2) is 8.42 Å². The molecule has 2 aromatic rings. The maximum absolute atomic E-state index is 12.8. The van der Waals surface area contributed by atoms with Crippen LogP contribution in [0.5, 0.6) is 0 Å². The van der Waals surface area contributed by atoms with Gasteiger partial charge in [0.15, 0.2) is 5.11 Å². The molecule has 9 heteroatoms. The van der Waals surface area contributed by atoms with Gasteiger partial charge in [-0.15, -0.1) is 0 Å². The number of thiocarbonyl (C=S) groups is 1. The van der Waals surface area contributed by atoms with E-state index in [9.17, 15) is 13.2 Å². The molecular formula is C20H22BrN3O3S2. The second-order valence-corrected chi connectivity index (χ2v) is 10.0. The quantitative estimate of drug-likeness (QED) is 0.623. The third kappa shape index (κ3) is 5.85. The molecule has 1 fully saturated rings. The van der Waals surface area contributed by atoms with Crippen molar-refractivity contribution in [2.75, 3.05) is 18.4 Å². The van der Waals surface area contributed by atoms with Crippen LogP contribution in [-0.2, 0) is 10.0 Å². The Balaban J connectivity index is 1.62. The topological polar surface area (TPSA) is 78.5 Å². The van der Waals surface area contributed by atoms with Crippen LogP contribution in [0, 0.1) is 0 Å². The van der Waals surface area contributed by atoms with Crippen LogP contribution in [0.2, 0.25) is 0 Å². The molecule has 1 aliphatic heterocycles. The van der Waals surface area contributed by atoms with Gasteiger partial charge in [-0.1, -0.05) is 34.8 Å². The van der Waals surface area contributed by atoms with Crippen LogP contribution in [-0.4, -0.2) is 36.8 Å². The van der Waals surface area contributed by atoms with Gasteiger partial charge in [-0.05, 0) is 67.5 Å². The zero-order chi connectivity index (χ0) is 20.9. The zero-order valence-corrected chi connectivity index (χ0v) is 18.9. The molecule has 1 amide bonds. The molecule has 0 bridgehead atoms. The predicted octanol–water partition coefficient (Wildman–Crippen LogP) is 4.14. The lowest BCUT2D eigenvalue weighted by molar-refractivity contribution is 0.0977. The van der Waals surface area contributed by atoms with E-state index in [0.717, 1.165) is 30.2 Å². The number of hydrogen-bond acceptors (Lipinski definition) is 4. The van der Waals surface area contributed by atoms with E-state index in [-0.39, 0.29) is 15.9 Å². The first kappa shape index (κ1) is 21.9. The molecule has 29 heavy (non-hydrogen) atoms. The average Bonchev–Trinajstić information content (AvgIpc) is 2.98. The molecule has 0 aliphatic carbocycles. The molecule has 2 N–H and O–H groups in total. The molecule has 1 saturated heterocycles. The Morgan fingerprint density at radius 1 is 1.00 bits per heavy atom. The summed E-state index contributed by atoms with van der Waals surface area (Å²) in [5, 5.41) is 5.65. The van der Waals surface area contributed by atoms with Crippen molar-refractivity contribution >= 4 is 54.9 Å². The molecule has 0 saturated carbocycles. The number of nitrogens with one attached hydrogen (secondary N) is 2. The first-order valence-corrected chi connectivity index (χ1v) is 12.0. The molecule has 2 aromatic carbocycles. The number of benzene rings is 2. The highest BCUT2D eigenvalue weighted by atomic mass is 79.9. The van der Waals surface area contributed by atoms with Gasteiger partial charge in [0.1, 0.15) is 0 Å². The van der Waals surface area contributed by atoms with E-state index in [1.807, 2.05) is 6.07 Å². The normalized spacial score (nSPS) is 15.3. The van der Waals surface area contributed by atoms with Gasteiger partial charge >= 0.3 is 0 Å². The fourth-order valence-corrected chi connectivity index (χ4v) is 5.24. The van der Waals surface area contributed by atoms with Gasteiger partial charge in [0.05, 0.1) is 4.90 Å². The first-order valence-electron chi connectivity index (χ1n) is 9.34. The van der Waals surface area contributed by atoms with Gasteiger partial charge in [-0.2, -0.15) is 4.31 Å². The second kappa shape index (κ2) is 9.80. The number of rotatable bonds is 4. The van der Waals surface area contributed by atoms with Crippen LogP contribution < -0.4 is 10.6 Å². The molecule has 0 atom stereocenters. The van der Waals surface area contributed by atoms with Crippen molar-refractivity contribution in [3.8, 4) is 0 Å². The van der Waals surface area contributed by atoms with Crippen molar-refractivity contribution in [3.63, 3.8) is 0 Å². The predicted molar refractivity (Wildman–Crippen MR) is 121 cm³/mol. The molecule has 3 rings (SSSR count). The molecule has 1 heterocycles. The van der Waals surface area contributed by atoms with Crippen molar-refractivity contribution < 1.29 is 13.2 Å². The lowest BCUT2D eigenvalue weighted by Crippen LogP contribution is -2.34. The number of amides is 1. The lowest BCUT2D eigenvalue weighted by Gasteiger charge is -2.20. The van der Waals surface area contributed by atoms with E-state index < -0.39 is 10.0 Å². The first-order chi connectivity index (χ1) is 13.9. The summed E-state index contributed by atoms with van der Waals surface area (Å²) in [7, 11) is -3.49. The molecule has 6 nitrogen and oxygen atoms in total. The van der Waals surface area contributed by atoms with Crippen molar-refractivity contribution in [1.29, 1.82) is 0 Å². The number of hydrogen-bond donors (Lipinski definition) is 2. The zero-order valence-electron chi connectivity index (χ0n) is 15.7. The number of anilines is 1. The fraction of sp³-hybridized carbons (Fsp3) is 0.300. The molecule has 154 valence electrons. The van der Waals surface area contributed by atoms with E-state index in [1.165, 1.54) is 0 Å². The van der Waals surface area contributed by atoms with Gasteiger partial charge < -0.3 is 5.32 Å². The van der Waals surface area contributed by atoms with E-state index in [2.05, 4.69) is 26.6 Å². The van der Waals surface area contributed by atoms with Crippen LogP contribution >= 0.6 is 28.1 Å². The van der Waals surface area contributed by atoms with Crippen molar-refractivity contribution in [3.05, 3.63) is 58.6 Å². The molecular weight excluding hydrogens is 474 g/mol. The van der Waals surface area contributed by atoms with Crippen LogP contribution in [0.15, 0.2) is 57.9 Å². The summed E-state index contributed by atoms with van der Waals surface area (Å²) in [5.41, 5.74) is 1.07. The summed E-state index contributed by atoms with van der Waals surface area (Å²) in [4.78, 5) is 12.5. The maximum Gasteiger partial charge on any atom is 0.257 e. The van der Waals surface area contributed by atoms with Gasteiger partial charge in [0, 0.05) is 28.8 Å². The van der Waals surface area contributed by atoms with Crippen LogP contribution in [0.25, 0.3) is 0 Å². The Labute approximate surface area is 184 Å². The van der Waals surface area contributed by atoms with Gasteiger partial charge in [0.25, 0.3) is 5.91 Å². The van der Waals surface area contributed by atoms with Crippen LogP contribution in [0.1, 0.15) is 36.0 Å². The molecule has 1 aliphatic rings. The summed E-state index contributed by atoms with van der Waals surface area (Å²) in [6.07, 6.45) is 3.92. The lowest BCUT2D eigenvalue weighted by atomic mass is 10.2. The number of carbonyl (C=O) groups excluding carboxylic acids is 1. The smallest absolute Gasteiger partial charge is 0.257 e. The minimum atomic E-state index is -3.49. The third-order valence-electron chi connectivity index (χ3n) is 4.63. The Hall–Kier alpha value is -1.81. The fourth-order valence-electron chi connectivity index (χ4n) is 3.11. The van der Waals surface area contributed by atoms with Crippen molar-refractivity contribution in [1.82, 2.24) is 9.62 Å². The van der Waals surface area contributed by atoms with Crippen LogP contribution in [0.4, 0.5) is 5.69 Å². The monoisotopic (exact) mass is 495 g/mol. The van der Waals surface area contributed by atoms with Gasteiger partial charge in [0.2, 0.25) is 10.0 Å². The van der Waals surface area contributed by atoms with Crippen molar-refractivity contribution in [2.45, 2.75) is 30.6 Å². The largest absolute Gasteiger partial charge is 0.332 e. The molecule has 0 unspecified atom stereocenters. The van der Waals surface area contributed by atoms with E-state index in [0.29, 0.717) is 24.3 Å². The minimum absolute atomic E-state index is 0.137. The van der Waals surface area contributed by atoms with E-state index in [1.54, 1.807) is 46.8 Å². The summed E-state index contributed by atoms with van der Waals surface area (Å²) >= 11 is 8.51. The minimum Gasteiger partial charge on any atom is -0.332 e. The number of carbonyl (C=O) groups is 1. The summed E-state index contributed by atoms with van der Waals surface area (Å²) in [5.74, 6) is -0.329. The Morgan fingerprint density at radius 3 is 2.28 bits per heavy atom. The third-order valence-corrected chi connectivity index (χ3v) is 7.24. The highest BCUT2D eigenvalue weighted by molar-refractivity contribution is 9.10. The van der Waals surface area contributed by atoms with Crippen molar-refractivity contribution in [2.24, 2.45) is 0 Å². The van der Waals surface area contributed by atoms with Gasteiger partial charge in [-0.3, -0.25) is 10.1 Å². The van der Waals surface area contributed by atoms with Crippen LogP contribution in [0.3, 0.4) is 0 Å². The highest BCUT2D eigenvalue weighted by Crippen LogP contribution is 2.22. The molecule has 0 spiro atoms. The number of sulfonamides is 1. The maximum atomic E-state index is 12.8. The Kier molecular flexibility index (Phi) is 7.39. The van der Waals surface area contributed by atoms with E-state index in [4.69, 9.17) is 12.2 Å². The Bertz CT molecular complexity index is 986. The summed E-state index contributed by atoms with van der Waals surface area (Å²) in [6, 6.07) is 13.4. The molecule has 0 radical (unpaired) electrons. The summed E-state index contributed by atoms with van der Waals surface area (Å²) in [6.45, 7) is 1.13. The highest BCUT2D eigenvalue weighted by Gasteiger charge is 2.24. The number of nitrogens with zero attached hydrogens (tertiary/aromatic N) is 1. The SMILES string of the molecule is O=C(NC(=S)Nc1ccc(S(=O)(=O)N2CCCCCC2)cc1)c1cccc(Br)c1. The Morgan fingerprint density at radius 2 is 1.66 bits per heavy atom. The molecule has 0 aromatic heterocycles. The summed E-state index contributed by atoms with van der Waals surface area (Å²) < 4.78 is 28.0. The standard InChI is InChI=1S/C20H22BrN3O3S2/c21-16-7-5-6-15(14-16)19(25)23-20(28)22-17-8-10-18(11-9-17)29(26,27)24-12-3-1-2-4-13-24/h5-11,14H,1-4,12-13H2,(H2,22,23,25,28). The average molecular weight is 496 g/mol. The second-order valence-electron chi connectivity index (χ2n) is 6.76.